The summed E-state index contributed by atoms with van der Waals surface area (Å²) in [6.07, 6.45) is 2.03. The average Bonchev–Trinajstić information content (AvgIpc) is 1.99. The Balaban J connectivity index is 3.08. The number of hydrogen-bond acceptors (Lipinski definition) is 3. The lowest BCUT2D eigenvalue weighted by molar-refractivity contribution is 0.488. The van der Waals surface area contributed by atoms with E-state index in [1.54, 1.807) is 0 Å². The first kappa shape index (κ1) is 8.22. The molecule has 1 aliphatic rings. The molecule has 1 aliphatic heterocycles. The fourth-order valence-electron chi connectivity index (χ4n) is 0.968. The number of hydrogen-bond donors (Lipinski definition) is 1. The molecule has 0 aromatic carbocycles. The zero-order chi connectivity index (χ0) is 8.43. The van der Waals surface area contributed by atoms with Gasteiger partial charge in [-0.2, -0.15) is 5.26 Å². The minimum Gasteiger partial charge on any atom is -0.365 e. The average molecular weight is 166 g/mol. The van der Waals surface area contributed by atoms with E-state index in [1.807, 2.05) is 24.9 Å². The molecule has 0 aliphatic carbocycles. The Labute approximate surface area is 72.2 Å². The van der Waals surface area contributed by atoms with E-state index in [-0.39, 0.29) is 0 Å². The maximum Gasteiger partial charge on any atom is 0.102 e. The quantitative estimate of drug-likeness (QED) is 0.553. The maximum atomic E-state index is 8.73. The highest BCUT2D eigenvalue weighted by atomic mass is 32.1. The molecule has 0 bridgehead atoms. The van der Waals surface area contributed by atoms with Crippen LogP contribution in [0.25, 0.3) is 0 Å². The van der Waals surface area contributed by atoms with Gasteiger partial charge in [0.05, 0.1) is 10.6 Å². The van der Waals surface area contributed by atoms with Crippen LogP contribution in [0.3, 0.4) is 0 Å². The first-order valence-electron chi connectivity index (χ1n) is 3.38. The molecule has 0 saturated heterocycles. The van der Waals surface area contributed by atoms with Crippen LogP contribution >= 0.6 is 12.6 Å². The molecule has 0 aromatic heterocycles. The van der Waals surface area contributed by atoms with E-state index in [0.717, 1.165) is 17.1 Å². The summed E-state index contributed by atoms with van der Waals surface area (Å²) in [5.41, 5.74) is 1.71. The number of allylic oxidation sites excluding steroid dienone is 2. The summed E-state index contributed by atoms with van der Waals surface area (Å²) in [7, 11) is 1.92. The highest BCUT2D eigenvalue weighted by molar-refractivity contribution is 7.84. The van der Waals surface area contributed by atoms with Gasteiger partial charge in [-0.1, -0.05) is 6.08 Å². The van der Waals surface area contributed by atoms with Crippen LogP contribution < -0.4 is 0 Å². The van der Waals surface area contributed by atoms with Crippen molar-refractivity contribution in [1.29, 1.82) is 5.26 Å². The Morgan fingerprint density at radius 3 is 2.82 bits per heavy atom. The van der Waals surface area contributed by atoms with Crippen LogP contribution in [-0.2, 0) is 0 Å². The van der Waals surface area contributed by atoms with Gasteiger partial charge in [0.25, 0.3) is 0 Å². The van der Waals surface area contributed by atoms with E-state index >= 15 is 0 Å². The largest absolute Gasteiger partial charge is 0.365 e. The first-order chi connectivity index (χ1) is 5.16. The molecule has 0 amide bonds. The second-order valence-electron chi connectivity index (χ2n) is 2.58. The van der Waals surface area contributed by atoms with Gasteiger partial charge in [0.15, 0.2) is 0 Å². The highest BCUT2D eigenvalue weighted by Crippen LogP contribution is 2.23. The van der Waals surface area contributed by atoms with Crippen molar-refractivity contribution in [1.82, 2.24) is 4.90 Å². The van der Waals surface area contributed by atoms with Crippen LogP contribution in [0.1, 0.15) is 6.92 Å². The van der Waals surface area contributed by atoms with Crippen molar-refractivity contribution >= 4 is 12.6 Å². The molecule has 0 atom stereocenters. The summed E-state index contributed by atoms with van der Waals surface area (Å²) < 4.78 is 0. The van der Waals surface area contributed by atoms with Crippen molar-refractivity contribution in [3.63, 3.8) is 0 Å². The SMILES string of the molecule is CC1=CCN(C)C(S)=C1C#N. The van der Waals surface area contributed by atoms with Gasteiger partial charge >= 0.3 is 0 Å². The molecule has 2 nitrogen and oxygen atoms in total. The van der Waals surface area contributed by atoms with Crippen molar-refractivity contribution in [2.24, 2.45) is 0 Å². The number of rotatable bonds is 0. The van der Waals surface area contributed by atoms with Crippen molar-refractivity contribution in [2.45, 2.75) is 6.92 Å². The van der Waals surface area contributed by atoms with Gasteiger partial charge in [-0.25, -0.2) is 0 Å². The third-order valence-electron chi connectivity index (χ3n) is 1.76. The predicted octanol–water partition coefficient (Wildman–Crippen LogP) is 1.54. The number of likely N-dealkylation sites (N-methyl/N-ethyl adjacent to an activating group) is 1. The summed E-state index contributed by atoms with van der Waals surface area (Å²) >= 11 is 4.23. The molecule has 0 aromatic rings. The molecular formula is C8H10N2S. The maximum absolute atomic E-state index is 8.73. The molecule has 0 fully saturated rings. The van der Waals surface area contributed by atoms with Gasteiger partial charge < -0.3 is 4.90 Å². The molecule has 3 heteroatoms. The topological polar surface area (TPSA) is 27.0 Å². The van der Waals surface area contributed by atoms with E-state index in [0.29, 0.717) is 5.57 Å². The van der Waals surface area contributed by atoms with Gasteiger partial charge in [-0.05, 0) is 12.5 Å². The second kappa shape index (κ2) is 3.02. The summed E-state index contributed by atoms with van der Waals surface area (Å²) in [4.78, 5) is 1.94. The van der Waals surface area contributed by atoms with Gasteiger partial charge in [-0.15, -0.1) is 12.6 Å². The van der Waals surface area contributed by atoms with Gasteiger partial charge in [0, 0.05) is 13.6 Å². The Morgan fingerprint density at radius 2 is 2.36 bits per heavy atom. The number of nitrogens with zero attached hydrogens (tertiary/aromatic N) is 2. The Kier molecular flexibility index (Phi) is 2.25. The lowest BCUT2D eigenvalue weighted by atomic mass is 10.1. The standard InChI is InChI=1S/C8H10N2S/c1-6-3-4-10(2)8(11)7(6)5-9/h3,11H,4H2,1-2H3. The second-order valence-corrected chi connectivity index (χ2v) is 3.00. The van der Waals surface area contributed by atoms with Crippen LogP contribution in [0.5, 0.6) is 0 Å². The lowest BCUT2D eigenvalue weighted by Crippen LogP contribution is -2.20. The molecule has 1 rings (SSSR count). The molecule has 1 heterocycles. The third-order valence-corrected chi connectivity index (χ3v) is 2.33. The highest BCUT2D eigenvalue weighted by Gasteiger charge is 2.13. The van der Waals surface area contributed by atoms with Gasteiger partial charge in [-0.3, -0.25) is 0 Å². The Morgan fingerprint density at radius 1 is 1.73 bits per heavy atom. The van der Waals surface area contributed by atoms with E-state index < -0.39 is 0 Å². The molecule has 0 spiro atoms. The van der Waals surface area contributed by atoms with Crippen LogP contribution in [-0.4, -0.2) is 18.5 Å². The summed E-state index contributed by atoms with van der Waals surface area (Å²) in [6.45, 7) is 2.78. The molecule has 0 unspecified atom stereocenters. The molecule has 0 saturated carbocycles. The summed E-state index contributed by atoms with van der Waals surface area (Å²) in [5.74, 6) is 0. The van der Waals surface area contributed by atoms with Crippen LogP contribution in [0.4, 0.5) is 0 Å². The third kappa shape index (κ3) is 1.41. The normalized spacial score (nSPS) is 18.0. The molecule has 0 radical (unpaired) electrons. The Hall–Kier alpha value is -0.880. The van der Waals surface area contributed by atoms with Crippen LogP contribution in [0.15, 0.2) is 22.3 Å². The molecule has 58 valence electrons. The minimum atomic E-state index is 0.682. The van der Waals surface area contributed by atoms with Gasteiger partial charge in [0.2, 0.25) is 0 Å². The summed E-state index contributed by atoms with van der Waals surface area (Å²) in [6, 6.07) is 2.13. The van der Waals surface area contributed by atoms with Gasteiger partial charge in [0.1, 0.15) is 6.07 Å². The minimum absolute atomic E-state index is 0.682. The van der Waals surface area contributed by atoms with Crippen molar-refractivity contribution in [3.05, 3.63) is 22.3 Å². The van der Waals surface area contributed by atoms with Crippen molar-refractivity contribution in [2.75, 3.05) is 13.6 Å². The van der Waals surface area contributed by atoms with E-state index in [2.05, 4.69) is 18.7 Å². The summed E-state index contributed by atoms with van der Waals surface area (Å²) in [5, 5.41) is 9.50. The molecule has 0 N–H and O–H groups in total. The zero-order valence-electron chi connectivity index (χ0n) is 6.63. The monoisotopic (exact) mass is 166 g/mol. The van der Waals surface area contributed by atoms with E-state index in [4.69, 9.17) is 5.26 Å². The first-order valence-corrected chi connectivity index (χ1v) is 3.83. The van der Waals surface area contributed by atoms with Crippen LogP contribution in [0.2, 0.25) is 0 Å². The van der Waals surface area contributed by atoms with Crippen molar-refractivity contribution in [3.8, 4) is 6.07 Å². The molecular weight excluding hydrogens is 156 g/mol. The van der Waals surface area contributed by atoms with E-state index in [9.17, 15) is 0 Å². The lowest BCUT2D eigenvalue weighted by Gasteiger charge is -2.23. The smallest absolute Gasteiger partial charge is 0.102 e. The van der Waals surface area contributed by atoms with E-state index in [1.165, 1.54) is 0 Å². The number of nitriles is 1. The Bertz CT molecular complexity index is 270. The zero-order valence-corrected chi connectivity index (χ0v) is 7.52. The van der Waals surface area contributed by atoms with Crippen LogP contribution in [0, 0.1) is 11.3 Å². The predicted molar refractivity (Wildman–Crippen MR) is 48.0 cm³/mol. The fourth-order valence-corrected chi connectivity index (χ4v) is 1.28. The van der Waals surface area contributed by atoms with Crippen molar-refractivity contribution < 1.29 is 0 Å². The number of thiol groups is 1. The molecule has 11 heavy (non-hydrogen) atoms. The fraction of sp³-hybridized carbons (Fsp3) is 0.375.